The monoisotopic (exact) mass is 384 g/mol. The zero-order valence-electron chi connectivity index (χ0n) is 15.6. The first-order valence-electron chi connectivity index (χ1n) is 9.63. The van der Waals surface area contributed by atoms with Gasteiger partial charge >= 0.3 is 6.18 Å². The quantitative estimate of drug-likeness (QED) is 0.867. The van der Waals surface area contributed by atoms with E-state index in [0.717, 1.165) is 18.7 Å². The van der Waals surface area contributed by atoms with Gasteiger partial charge in [-0.2, -0.15) is 13.2 Å². The Balaban J connectivity index is 1.45. The summed E-state index contributed by atoms with van der Waals surface area (Å²) in [5, 5.41) is 3.17. The average molecular weight is 384 g/mol. The van der Waals surface area contributed by atoms with Crippen molar-refractivity contribution in [1.82, 2.24) is 15.2 Å². The Labute approximate surface area is 157 Å². The summed E-state index contributed by atoms with van der Waals surface area (Å²) in [6.45, 7) is 5.24. The maximum atomic E-state index is 12.6. The molecule has 3 rings (SSSR count). The molecule has 1 saturated heterocycles. The molecule has 8 heteroatoms. The Morgan fingerprint density at radius 1 is 1.19 bits per heavy atom. The zero-order chi connectivity index (χ0) is 19.4. The summed E-state index contributed by atoms with van der Waals surface area (Å²) >= 11 is 0. The third-order valence-corrected chi connectivity index (χ3v) is 5.60. The van der Waals surface area contributed by atoms with Crippen LogP contribution < -0.4 is 10.2 Å². The molecule has 0 unspecified atom stereocenters. The van der Waals surface area contributed by atoms with Crippen LogP contribution in [0.2, 0.25) is 0 Å². The van der Waals surface area contributed by atoms with Gasteiger partial charge in [0.1, 0.15) is 5.82 Å². The zero-order valence-corrected chi connectivity index (χ0v) is 15.6. The molecule has 1 amide bonds. The predicted octanol–water partition coefficient (Wildman–Crippen LogP) is 2.92. The molecule has 1 aliphatic carbocycles. The highest BCUT2D eigenvalue weighted by molar-refractivity contribution is 5.78. The number of carbonyl (C=O) groups excluding carboxylic acids is 1. The molecule has 0 spiro atoms. The molecule has 1 N–H and O–H groups in total. The fraction of sp³-hybridized carbons (Fsp3) is 0.684. The van der Waals surface area contributed by atoms with Gasteiger partial charge in [0.2, 0.25) is 5.91 Å². The van der Waals surface area contributed by atoms with Gasteiger partial charge in [-0.25, -0.2) is 4.98 Å². The van der Waals surface area contributed by atoms with Crippen LogP contribution in [-0.4, -0.2) is 54.6 Å². The number of aromatic nitrogens is 1. The Morgan fingerprint density at radius 2 is 1.89 bits per heavy atom. The van der Waals surface area contributed by atoms with Crippen molar-refractivity contribution in [2.75, 3.05) is 37.6 Å². The average Bonchev–Trinajstić information content (AvgIpc) is 2.64. The number of hydrogen-bond donors (Lipinski definition) is 1. The maximum Gasteiger partial charge on any atom is 0.417 e. The maximum absolute atomic E-state index is 12.6. The number of rotatable bonds is 4. The number of anilines is 1. The normalized spacial score (nSPS) is 24.7. The van der Waals surface area contributed by atoms with Crippen molar-refractivity contribution < 1.29 is 18.0 Å². The molecular formula is C19H27F3N4O. The van der Waals surface area contributed by atoms with Crippen molar-refractivity contribution in [2.45, 2.75) is 44.8 Å². The first-order valence-corrected chi connectivity index (χ1v) is 9.63. The van der Waals surface area contributed by atoms with E-state index in [2.05, 4.69) is 22.1 Å². The summed E-state index contributed by atoms with van der Waals surface area (Å²) in [4.78, 5) is 20.3. The number of pyridine rings is 1. The van der Waals surface area contributed by atoms with Crippen LogP contribution in [0.15, 0.2) is 18.3 Å². The van der Waals surface area contributed by atoms with Crippen LogP contribution in [-0.2, 0) is 11.0 Å². The van der Waals surface area contributed by atoms with Crippen LogP contribution in [0.5, 0.6) is 0 Å². The highest BCUT2D eigenvalue weighted by atomic mass is 19.4. The van der Waals surface area contributed by atoms with Crippen LogP contribution >= 0.6 is 0 Å². The second-order valence-corrected chi connectivity index (χ2v) is 7.60. The summed E-state index contributed by atoms with van der Waals surface area (Å²) in [5.74, 6) is 1.14. The third kappa shape index (κ3) is 5.34. The van der Waals surface area contributed by atoms with Crippen LogP contribution in [0.4, 0.5) is 19.0 Å². The number of piperazine rings is 1. The summed E-state index contributed by atoms with van der Waals surface area (Å²) in [5.41, 5.74) is -0.738. The number of halogens is 3. The van der Waals surface area contributed by atoms with Gasteiger partial charge < -0.3 is 10.2 Å². The minimum absolute atomic E-state index is 0.0647. The van der Waals surface area contributed by atoms with Gasteiger partial charge in [0.15, 0.2) is 0 Å². The van der Waals surface area contributed by atoms with E-state index >= 15 is 0 Å². The SMILES string of the molecule is C[C@H]1CCCC[C@H]1NC(=O)CN1CCN(c2ccc(C(F)(F)F)cn2)CC1. The largest absolute Gasteiger partial charge is 0.417 e. The van der Waals surface area contributed by atoms with Gasteiger partial charge in [0.25, 0.3) is 0 Å². The number of hydrogen-bond acceptors (Lipinski definition) is 4. The van der Waals surface area contributed by atoms with Crippen LogP contribution in [0.25, 0.3) is 0 Å². The molecule has 27 heavy (non-hydrogen) atoms. The van der Waals surface area contributed by atoms with Crippen molar-refractivity contribution in [3.8, 4) is 0 Å². The van der Waals surface area contributed by atoms with Gasteiger partial charge in [-0.05, 0) is 30.9 Å². The molecule has 0 aromatic carbocycles. The Morgan fingerprint density at radius 3 is 2.48 bits per heavy atom. The van der Waals surface area contributed by atoms with Gasteiger partial charge in [-0.3, -0.25) is 9.69 Å². The predicted molar refractivity (Wildman–Crippen MR) is 97.5 cm³/mol. The fourth-order valence-corrected chi connectivity index (χ4v) is 3.86. The van der Waals surface area contributed by atoms with Crippen LogP contribution in [0, 0.1) is 5.92 Å². The molecule has 2 fully saturated rings. The number of nitrogens with one attached hydrogen (secondary N) is 1. The van der Waals surface area contributed by atoms with Crippen molar-refractivity contribution in [1.29, 1.82) is 0 Å². The van der Waals surface area contributed by atoms with E-state index in [1.807, 2.05) is 4.90 Å². The van der Waals surface area contributed by atoms with Crippen LogP contribution in [0.1, 0.15) is 38.2 Å². The number of nitrogens with zero attached hydrogens (tertiary/aromatic N) is 3. The Kier molecular flexibility index (Phi) is 6.24. The minimum Gasteiger partial charge on any atom is -0.354 e. The number of amides is 1. The van der Waals surface area contributed by atoms with E-state index < -0.39 is 11.7 Å². The summed E-state index contributed by atoms with van der Waals surface area (Å²) in [6, 6.07) is 2.76. The van der Waals surface area contributed by atoms with Gasteiger partial charge in [0, 0.05) is 38.4 Å². The second-order valence-electron chi connectivity index (χ2n) is 7.60. The highest BCUT2D eigenvalue weighted by Crippen LogP contribution is 2.29. The molecule has 2 aliphatic rings. The molecule has 0 radical (unpaired) electrons. The molecular weight excluding hydrogens is 357 g/mol. The lowest BCUT2D eigenvalue weighted by atomic mass is 9.86. The van der Waals surface area contributed by atoms with Gasteiger partial charge in [-0.15, -0.1) is 0 Å². The summed E-state index contributed by atoms with van der Waals surface area (Å²) in [6.07, 6.45) is 1.15. The van der Waals surface area contributed by atoms with Crippen molar-refractivity contribution >= 4 is 11.7 Å². The van der Waals surface area contributed by atoms with E-state index in [0.29, 0.717) is 44.5 Å². The molecule has 1 saturated carbocycles. The van der Waals surface area contributed by atoms with Crippen molar-refractivity contribution in [3.05, 3.63) is 23.9 Å². The number of carbonyl (C=O) groups is 1. The minimum atomic E-state index is -4.37. The number of alkyl halides is 3. The van der Waals surface area contributed by atoms with Crippen molar-refractivity contribution in [2.24, 2.45) is 5.92 Å². The topological polar surface area (TPSA) is 48.5 Å². The molecule has 2 heterocycles. The van der Waals surface area contributed by atoms with E-state index in [-0.39, 0.29) is 11.9 Å². The highest BCUT2D eigenvalue weighted by Gasteiger charge is 2.31. The summed E-state index contributed by atoms with van der Waals surface area (Å²) < 4.78 is 37.9. The smallest absolute Gasteiger partial charge is 0.354 e. The lowest BCUT2D eigenvalue weighted by molar-refractivity contribution is -0.137. The Hall–Kier alpha value is -1.83. The molecule has 1 aliphatic heterocycles. The molecule has 150 valence electrons. The lowest BCUT2D eigenvalue weighted by Crippen LogP contribution is -2.51. The van der Waals surface area contributed by atoms with E-state index in [1.165, 1.54) is 25.3 Å². The Bertz CT molecular complexity index is 627. The molecule has 5 nitrogen and oxygen atoms in total. The van der Waals surface area contributed by atoms with Gasteiger partial charge in [-0.1, -0.05) is 19.8 Å². The fourth-order valence-electron chi connectivity index (χ4n) is 3.86. The second kappa shape index (κ2) is 8.46. The molecule has 2 atom stereocenters. The molecule has 1 aromatic rings. The van der Waals surface area contributed by atoms with Crippen molar-refractivity contribution in [3.63, 3.8) is 0 Å². The lowest BCUT2D eigenvalue weighted by Gasteiger charge is -2.36. The van der Waals surface area contributed by atoms with E-state index in [4.69, 9.17) is 0 Å². The van der Waals surface area contributed by atoms with E-state index in [1.54, 1.807) is 0 Å². The first kappa shape index (κ1) is 19.9. The first-order chi connectivity index (χ1) is 12.8. The van der Waals surface area contributed by atoms with Crippen LogP contribution in [0.3, 0.4) is 0 Å². The van der Waals surface area contributed by atoms with Gasteiger partial charge in [0.05, 0.1) is 12.1 Å². The van der Waals surface area contributed by atoms with E-state index in [9.17, 15) is 18.0 Å². The third-order valence-electron chi connectivity index (χ3n) is 5.60. The molecule has 1 aromatic heterocycles. The molecule has 0 bridgehead atoms. The summed E-state index contributed by atoms with van der Waals surface area (Å²) in [7, 11) is 0. The standard InChI is InChI=1S/C19H27F3N4O/c1-14-4-2-3-5-16(14)24-18(27)13-25-8-10-26(11-9-25)17-7-6-15(12-23-17)19(20,21)22/h6-7,12,14,16H,2-5,8-11,13H2,1H3,(H,24,27)/t14-,16+/m0/s1.